The molecule has 4 aromatic rings. The molecule has 0 radical (unpaired) electrons. The summed E-state index contributed by atoms with van der Waals surface area (Å²) in [6.07, 6.45) is 0. The second-order valence-corrected chi connectivity index (χ2v) is 15.8. The molecule has 0 nitrogen and oxygen atoms in total. The summed E-state index contributed by atoms with van der Waals surface area (Å²) in [7, 11) is 0. The largest absolute Gasteiger partial charge is 1.00 e. The van der Waals surface area contributed by atoms with Crippen LogP contribution >= 0.6 is 23.2 Å². The second-order valence-electron chi connectivity index (χ2n) is 5.60. The first-order valence-electron chi connectivity index (χ1n) is 7.59. The van der Waals surface area contributed by atoms with Crippen LogP contribution in [-0.4, -0.2) is 5.43 Å². The molecule has 0 aliphatic carbocycles. The molecule has 136 valence electrons. The van der Waals surface area contributed by atoms with Crippen LogP contribution in [0, 0.1) is 0 Å². The van der Waals surface area contributed by atoms with Crippen LogP contribution in [0.2, 0.25) is 23.1 Å². The van der Waals surface area contributed by atoms with Crippen LogP contribution in [0.1, 0.15) is 0 Å². The van der Waals surface area contributed by atoms with Crippen LogP contribution in [0.3, 0.4) is 0 Å². The van der Waals surface area contributed by atoms with Gasteiger partial charge in [-0.2, -0.15) is 35.0 Å². The number of halogens is 4. The maximum atomic E-state index is 5.78. The van der Waals surface area contributed by atoms with Crippen LogP contribution in [0.4, 0.5) is 0 Å². The zero-order chi connectivity index (χ0) is 17.5. The summed E-state index contributed by atoms with van der Waals surface area (Å²) in [4.78, 5) is 0. The molecule has 0 bridgehead atoms. The Balaban J connectivity index is 0.000000378. The average Bonchev–Trinajstić information content (AvgIpc) is 3.14. The molecule has 4 rings (SSSR count). The van der Waals surface area contributed by atoms with Crippen molar-refractivity contribution in [2.75, 3.05) is 0 Å². The molecule has 0 N–H and O–H groups in total. The fourth-order valence-electron chi connectivity index (χ4n) is 2.19. The molecule has 0 spiro atoms. The molecule has 26 heavy (non-hydrogen) atoms. The third-order valence-electron chi connectivity index (χ3n) is 3.20. The number of hydrogen-bond acceptors (Lipinski definition) is 0. The molecular weight excluding hydrogens is 501 g/mol. The van der Waals surface area contributed by atoms with Crippen LogP contribution in [0.15, 0.2) is 72.8 Å². The van der Waals surface area contributed by atoms with Crippen molar-refractivity contribution < 1.29 is 48.1 Å². The minimum atomic E-state index is 0. The predicted molar refractivity (Wildman–Crippen MR) is 107 cm³/mol. The van der Waals surface area contributed by atoms with Gasteiger partial charge in [0.1, 0.15) is 0 Å². The molecule has 0 amide bonds. The Bertz CT molecular complexity index is 867. The van der Waals surface area contributed by atoms with E-state index in [1.165, 1.54) is 21.5 Å². The third kappa shape index (κ3) is 8.74. The van der Waals surface area contributed by atoms with Crippen molar-refractivity contribution in [3.8, 4) is 0 Å². The van der Waals surface area contributed by atoms with E-state index in [1.807, 2.05) is 48.5 Å². The Kier molecular flexibility index (Phi) is 13.1. The molecule has 4 aromatic carbocycles. The van der Waals surface area contributed by atoms with E-state index in [9.17, 15) is 0 Å². The zero-order valence-corrected chi connectivity index (χ0v) is 20.9. The van der Waals surface area contributed by atoms with Gasteiger partial charge in [-0.05, 0) is 0 Å². The molecule has 0 saturated heterocycles. The van der Waals surface area contributed by atoms with Gasteiger partial charge in [-0.3, -0.25) is 0 Å². The van der Waals surface area contributed by atoms with Gasteiger partial charge in [-0.25, -0.2) is 0 Å². The van der Waals surface area contributed by atoms with Gasteiger partial charge in [0.15, 0.2) is 0 Å². The van der Waals surface area contributed by atoms with Gasteiger partial charge in [0.25, 0.3) is 0 Å². The molecule has 0 aromatic heterocycles. The molecule has 6 heteroatoms. The van der Waals surface area contributed by atoms with Crippen molar-refractivity contribution in [2.45, 2.75) is 13.1 Å². The SMILES string of the molecule is C[Si](C)=[Zr+2].Clc1ccc2[cH-]ccc2c1.Clc1ccc2[cH-]ccc2c1.[Cl-].[Cl-]. The van der Waals surface area contributed by atoms with E-state index in [0.717, 1.165) is 10.0 Å². The summed E-state index contributed by atoms with van der Waals surface area (Å²) in [5.41, 5.74) is 0.210. The molecule has 0 saturated carbocycles. The Hall–Kier alpha value is -0.0800. The number of hydrogen-bond donors (Lipinski definition) is 0. The smallest absolute Gasteiger partial charge is 0.0221 e. The van der Waals surface area contributed by atoms with E-state index in [-0.39, 0.29) is 30.2 Å². The minimum absolute atomic E-state index is 0. The van der Waals surface area contributed by atoms with Gasteiger partial charge < -0.3 is 24.8 Å². The summed E-state index contributed by atoms with van der Waals surface area (Å²) >= 11 is 13.3. The summed E-state index contributed by atoms with van der Waals surface area (Å²) in [6, 6.07) is 24.1. The van der Waals surface area contributed by atoms with Crippen LogP contribution in [0.5, 0.6) is 0 Å². The summed E-state index contributed by atoms with van der Waals surface area (Å²) in [5.74, 6) is 0. The van der Waals surface area contributed by atoms with E-state index in [0.29, 0.717) is 0 Å². The first-order valence-corrected chi connectivity index (χ1v) is 14.5. The summed E-state index contributed by atoms with van der Waals surface area (Å²) in [5, 5.41) is 6.55. The standard InChI is InChI=1S/2C9H6Cl.C2H6Si.2ClH.Zr/c2*10-9-5-4-7-2-1-3-8(7)6-9;1-3-2;;;/h2*1-6H;1-2H3;2*1H;/q2*-1;;;;+2/p-2. The summed E-state index contributed by atoms with van der Waals surface area (Å²) in [6.45, 7) is 4.62. The predicted octanol–water partition coefficient (Wildman–Crippen LogP) is 1.22. The van der Waals surface area contributed by atoms with Crippen LogP contribution < -0.4 is 24.8 Å². The molecule has 0 aliphatic rings. The Labute approximate surface area is 192 Å². The molecule has 0 aliphatic heterocycles. The van der Waals surface area contributed by atoms with Gasteiger partial charge in [0.2, 0.25) is 0 Å². The molecule has 0 heterocycles. The fraction of sp³-hybridized carbons (Fsp3) is 0.100. The van der Waals surface area contributed by atoms with E-state index < -0.39 is 0 Å². The molecule has 0 atom stereocenters. The first-order chi connectivity index (χ1) is 11.5. The van der Waals surface area contributed by atoms with Gasteiger partial charge in [-0.1, -0.05) is 47.5 Å². The van der Waals surface area contributed by atoms with Crippen molar-refractivity contribution in [1.29, 1.82) is 0 Å². The van der Waals surface area contributed by atoms with Crippen LogP contribution in [-0.2, 0) is 23.3 Å². The Morgan fingerprint density at radius 1 is 0.731 bits per heavy atom. The van der Waals surface area contributed by atoms with Crippen LogP contribution in [0.25, 0.3) is 21.5 Å². The molecular formula is C20H18Cl4SiZr-2. The Morgan fingerprint density at radius 2 is 1.08 bits per heavy atom. The van der Waals surface area contributed by atoms with Gasteiger partial charge in [0.05, 0.1) is 0 Å². The topological polar surface area (TPSA) is 0 Å². The van der Waals surface area contributed by atoms with Crippen molar-refractivity contribution in [1.82, 2.24) is 0 Å². The number of fused-ring (bicyclic) bond motifs is 2. The monoisotopic (exact) mass is 516 g/mol. The zero-order valence-electron chi connectivity index (χ0n) is 14.4. The third-order valence-corrected chi connectivity index (χ3v) is 3.67. The fourth-order valence-corrected chi connectivity index (χ4v) is 2.56. The number of benzene rings is 2. The van der Waals surface area contributed by atoms with Crippen molar-refractivity contribution in [2.24, 2.45) is 0 Å². The van der Waals surface area contributed by atoms with E-state index in [1.54, 1.807) is 23.3 Å². The number of rotatable bonds is 0. The minimum Gasteiger partial charge on any atom is -1.00 e. The molecule has 0 unspecified atom stereocenters. The van der Waals surface area contributed by atoms with Gasteiger partial charge in [-0.15, -0.1) is 35.0 Å². The van der Waals surface area contributed by atoms with Crippen molar-refractivity contribution in [3.63, 3.8) is 0 Å². The summed E-state index contributed by atoms with van der Waals surface area (Å²) < 4.78 is 0. The maximum absolute atomic E-state index is 5.78. The first kappa shape index (κ1) is 25.9. The quantitative estimate of drug-likeness (QED) is 0.242. The van der Waals surface area contributed by atoms with E-state index >= 15 is 0 Å². The van der Waals surface area contributed by atoms with Crippen molar-refractivity contribution >= 4 is 50.2 Å². The normalized spacial score (nSPS) is 9.15. The Morgan fingerprint density at radius 3 is 1.42 bits per heavy atom. The van der Waals surface area contributed by atoms with E-state index in [2.05, 4.69) is 37.4 Å². The maximum Gasteiger partial charge on any atom is 0.0221 e. The van der Waals surface area contributed by atoms with Gasteiger partial charge in [0, 0.05) is 10.0 Å². The van der Waals surface area contributed by atoms with Gasteiger partial charge >= 0.3 is 41.9 Å². The van der Waals surface area contributed by atoms with E-state index in [4.69, 9.17) is 23.2 Å². The van der Waals surface area contributed by atoms with Crippen molar-refractivity contribution in [3.05, 3.63) is 82.8 Å². The second kappa shape index (κ2) is 13.2. The average molecular weight is 519 g/mol. The molecule has 0 fully saturated rings.